The maximum Gasteiger partial charge on any atom is 0.191 e. The van der Waals surface area contributed by atoms with E-state index in [2.05, 4.69) is 54.6 Å². The minimum Gasteiger partial charge on any atom is -0.493 e. The van der Waals surface area contributed by atoms with Gasteiger partial charge in [0.15, 0.2) is 5.96 Å². The molecule has 0 amide bonds. The van der Waals surface area contributed by atoms with Crippen molar-refractivity contribution >= 4 is 5.96 Å². The highest BCUT2D eigenvalue weighted by molar-refractivity contribution is 5.79. The van der Waals surface area contributed by atoms with E-state index in [-0.39, 0.29) is 0 Å². The molecule has 1 aromatic rings. The molecule has 2 rings (SSSR count). The molecule has 0 fully saturated rings. The van der Waals surface area contributed by atoms with E-state index in [1.807, 2.05) is 7.05 Å². The summed E-state index contributed by atoms with van der Waals surface area (Å²) in [5, 5.41) is 6.79. The van der Waals surface area contributed by atoms with Crippen LogP contribution in [-0.2, 0) is 12.8 Å². The molecule has 116 valence electrons. The summed E-state index contributed by atoms with van der Waals surface area (Å²) in [6.45, 7) is 8.29. The SMILES string of the molecule is CN=C(NCCc1ccc2c(c1)CCO2)NC(C)C(C)C. The van der Waals surface area contributed by atoms with Gasteiger partial charge in [-0.1, -0.05) is 26.0 Å². The number of guanidine groups is 1. The van der Waals surface area contributed by atoms with Crippen molar-refractivity contribution in [1.29, 1.82) is 0 Å². The molecule has 0 saturated carbocycles. The van der Waals surface area contributed by atoms with Gasteiger partial charge in [0.1, 0.15) is 5.75 Å². The highest BCUT2D eigenvalue weighted by Crippen LogP contribution is 2.25. The van der Waals surface area contributed by atoms with Crippen molar-refractivity contribution < 1.29 is 4.74 Å². The molecule has 1 aromatic carbocycles. The van der Waals surface area contributed by atoms with Crippen LogP contribution >= 0.6 is 0 Å². The van der Waals surface area contributed by atoms with Crippen LogP contribution in [0.1, 0.15) is 31.9 Å². The van der Waals surface area contributed by atoms with E-state index in [1.165, 1.54) is 11.1 Å². The van der Waals surface area contributed by atoms with Crippen LogP contribution in [0.4, 0.5) is 0 Å². The van der Waals surface area contributed by atoms with Crippen LogP contribution in [-0.4, -0.2) is 32.2 Å². The Balaban J connectivity index is 1.80. The molecule has 1 atom stereocenters. The molecule has 1 aliphatic heterocycles. The predicted octanol–water partition coefficient (Wildman–Crippen LogP) is 2.37. The van der Waals surface area contributed by atoms with Gasteiger partial charge in [0.25, 0.3) is 0 Å². The lowest BCUT2D eigenvalue weighted by molar-refractivity contribution is 0.357. The normalized spacial score (nSPS) is 15.6. The number of hydrogen-bond acceptors (Lipinski definition) is 2. The number of fused-ring (bicyclic) bond motifs is 1. The second kappa shape index (κ2) is 7.34. The lowest BCUT2D eigenvalue weighted by Crippen LogP contribution is -2.44. The van der Waals surface area contributed by atoms with E-state index in [1.54, 1.807) is 0 Å². The molecular weight excluding hydrogens is 262 g/mol. The van der Waals surface area contributed by atoms with Crippen LogP contribution in [0.25, 0.3) is 0 Å². The lowest BCUT2D eigenvalue weighted by atomic mass is 10.1. The van der Waals surface area contributed by atoms with Gasteiger partial charge in [-0.05, 0) is 36.5 Å². The fraction of sp³-hybridized carbons (Fsp3) is 0.588. The maximum atomic E-state index is 5.53. The summed E-state index contributed by atoms with van der Waals surface area (Å²) in [5.74, 6) is 2.51. The summed E-state index contributed by atoms with van der Waals surface area (Å²) in [5.41, 5.74) is 2.68. The average molecular weight is 289 g/mol. The van der Waals surface area contributed by atoms with E-state index in [9.17, 15) is 0 Å². The minimum absolute atomic E-state index is 0.411. The number of hydrogen-bond donors (Lipinski definition) is 2. The Kier molecular flexibility index (Phi) is 5.48. The smallest absolute Gasteiger partial charge is 0.191 e. The molecule has 4 heteroatoms. The third-order valence-corrected chi connectivity index (χ3v) is 4.05. The fourth-order valence-electron chi connectivity index (χ4n) is 2.30. The first-order chi connectivity index (χ1) is 10.1. The van der Waals surface area contributed by atoms with Crippen LogP contribution in [0.2, 0.25) is 0 Å². The van der Waals surface area contributed by atoms with Gasteiger partial charge in [-0.15, -0.1) is 0 Å². The van der Waals surface area contributed by atoms with E-state index >= 15 is 0 Å². The van der Waals surface area contributed by atoms with Crippen molar-refractivity contribution in [2.45, 2.75) is 39.7 Å². The lowest BCUT2D eigenvalue weighted by Gasteiger charge is -2.20. The molecule has 1 unspecified atom stereocenters. The molecule has 0 aromatic heterocycles. The molecule has 0 radical (unpaired) electrons. The number of ether oxygens (including phenoxy) is 1. The summed E-state index contributed by atoms with van der Waals surface area (Å²) >= 11 is 0. The predicted molar refractivity (Wildman–Crippen MR) is 88.1 cm³/mol. The van der Waals surface area contributed by atoms with Gasteiger partial charge in [0.05, 0.1) is 6.61 Å². The first-order valence-electron chi connectivity index (χ1n) is 7.82. The van der Waals surface area contributed by atoms with E-state index in [0.717, 1.165) is 37.7 Å². The summed E-state index contributed by atoms with van der Waals surface area (Å²) in [6, 6.07) is 6.91. The molecule has 21 heavy (non-hydrogen) atoms. The molecule has 0 bridgehead atoms. The highest BCUT2D eigenvalue weighted by atomic mass is 16.5. The fourth-order valence-corrected chi connectivity index (χ4v) is 2.30. The summed E-state index contributed by atoms with van der Waals surface area (Å²) in [7, 11) is 1.81. The van der Waals surface area contributed by atoms with Crippen molar-refractivity contribution in [2.24, 2.45) is 10.9 Å². The van der Waals surface area contributed by atoms with Crippen LogP contribution in [0, 0.1) is 5.92 Å². The standard InChI is InChI=1S/C17H27N3O/c1-12(2)13(3)20-17(18-4)19-9-7-14-5-6-16-15(11-14)8-10-21-16/h5-6,11-13H,7-10H2,1-4H3,(H2,18,19,20). The van der Waals surface area contributed by atoms with Crippen molar-refractivity contribution in [1.82, 2.24) is 10.6 Å². The topological polar surface area (TPSA) is 45.7 Å². The van der Waals surface area contributed by atoms with Gasteiger partial charge in [-0.2, -0.15) is 0 Å². The van der Waals surface area contributed by atoms with Gasteiger partial charge < -0.3 is 15.4 Å². The monoisotopic (exact) mass is 289 g/mol. The molecule has 1 aliphatic rings. The van der Waals surface area contributed by atoms with Gasteiger partial charge in [-0.25, -0.2) is 0 Å². The third-order valence-electron chi connectivity index (χ3n) is 4.05. The van der Waals surface area contributed by atoms with Gasteiger partial charge >= 0.3 is 0 Å². The van der Waals surface area contributed by atoms with Crippen molar-refractivity contribution in [3.8, 4) is 5.75 Å². The molecule has 0 saturated heterocycles. The molecule has 1 heterocycles. The van der Waals surface area contributed by atoms with Crippen molar-refractivity contribution in [2.75, 3.05) is 20.2 Å². The van der Waals surface area contributed by atoms with Crippen molar-refractivity contribution in [3.05, 3.63) is 29.3 Å². The Morgan fingerprint density at radius 3 is 2.86 bits per heavy atom. The average Bonchev–Trinajstić information content (AvgIpc) is 2.93. The van der Waals surface area contributed by atoms with Crippen molar-refractivity contribution in [3.63, 3.8) is 0 Å². The Morgan fingerprint density at radius 2 is 2.14 bits per heavy atom. The molecule has 2 N–H and O–H groups in total. The number of benzene rings is 1. The van der Waals surface area contributed by atoms with Crippen LogP contribution in [0.5, 0.6) is 5.75 Å². The number of nitrogens with zero attached hydrogens (tertiary/aromatic N) is 1. The summed E-state index contributed by atoms with van der Waals surface area (Å²) < 4.78 is 5.53. The van der Waals surface area contributed by atoms with Gasteiger partial charge in [0, 0.05) is 26.1 Å². The van der Waals surface area contributed by atoms with Crippen LogP contribution < -0.4 is 15.4 Å². The van der Waals surface area contributed by atoms with Gasteiger partial charge in [0.2, 0.25) is 0 Å². The first-order valence-corrected chi connectivity index (χ1v) is 7.82. The quantitative estimate of drug-likeness (QED) is 0.646. The first kappa shape index (κ1) is 15.7. The Bertz CT molecular complexity index is 497. The van der Waals surface area contributed by atoms with Crippen LogP contribution in [0.15, 0.2) is 23.2 Å². The largest absolute Gasteiger partial charge is 0.493 e. The number of nitrogens with one attached hydrogen (secondary N) is 2. The zero-order valence-electron chi connectivity index (χ0n) is 13.6. The maximum absolute atomic E-state index is 5.53. The molecule has 0 aliphatic carbocycles. The Labute approximate surface area is 128 Å². The minimum atomic E-state index is 0.411. The second-order valence-electron chi connectivity index (χ2n) is 5.97. The number of aliphatic imine (C=N–C) groups is 1. The molecule has 0 spiro atoms. The van der Waals surface area contributed by atoms with E-state index < -0.39 is 0 Å². The third kappa shape index (κ3) is 4.38. The summed E-state index contributed by atoms with van der Waals surface area (Å²) in [6.07, 6.45) is 2.02. The second-order valence-corrected chi connectivity index (χ2v) is 5.97. The van der Waals surface area contributed by atoms with Crippen LogP contribution in [0.3, 0.4) is 0 Å². The molecule has 4 nitrogen and oxygen atoms in total. The number of rotatable bonds is 5. The summed E-state index contributed by atoms with van der Waals surface area (Å²) in [4.78, 5) is 4.27. The zero-order valence-corrected chi connectivity index (χ0v) is 13.6. The Hall–Kier alpha value is -1.71. The Morgan fingerprint density at radius 1 is 1.33 bits per heavy atom. The zero-order chi connectivity index (χ0) is 15.2. The van der Waals surface area contributed by atoms with Gasteiger partial charge in [-0.3, -0.25) is 4.99 Å². The highest BCUT2D eigenvalue weighted by Gasteiger charge is 2.12. The van der Waals surface area contributed by atoms with E-state index in [4.69, 9.17) is 4.74 Å². The van der Waals surface area contributed by atoms with E-state index in [0.29, 0.717) is 12.0 Å². The molecular formula is C17H27N3O.